The Morgan fingerprint density at radius 1 is 1.14 bits per heavy atom. The molecule has 0 heterocycles. The fourth-order valence-electron chi connectivity index (χ4n) is 1.89. The van der Waals surface area contributed by atoms with E-state index in [1.807, 2.05) is 26.0 Å². The Morgan fingerprint density at radius 2 is 1.86 bits per heavy atom. The molecule has 0 bridgehead atoms. The van der Waals surface area contributed by atoms with Crippen molar-refractivity contribution in [3.63, 3.8) is 0 Å². The van der Waals surface area contributed by atoms with Crippen molar-refractivity contribution < 1.29 is 4.79 Å². The summed E-state index contributed by atoms with van der Waals surface area (Å²) in [5, 5.41) is 6.08. The number of anilines is 3. The number of nitrogens with two attached hydrogens (primary N) is 1. The molecule has 0 fully saturated rings. The molecule has 0 atom stereocenters. The van der Waals surface area contributed by atoms with Gasteiger partial charge in [0.2, 0.25) is 0 Å². The molecule has 0 aliphatic rings. The number of carbonyl (C=O) groups is 1. The zero-order chi connectivity index (χ0) is 15.6. The van der Waals surface area contributed by atoms with Gasteiger partial charge < -0.3 is 16.4 Å². The summed E-state index contributed by atoms with van der Waals surface area (Å²) in [7, 11) is 0. The Bertz CT molecular complexity index is 680. The Labute approximate surface area is 136 Å². The number of amides is 2. The van der Waals surface area contributed by atoms with Crippen LogP contribution in [0.25, 0.3) is 0 Å². The van der Waals surface area contributed by atoms with Gasteiger partial charge in [-0.2, -0.15) is 0 Å². The minimum atomic E-state index is -0.368. The largest absolute Gasteiger partial charge is 0.397 e. The van der Waals surface area contributed by atoms with Crippen molar-refractivity contribution >= 4 is 50.6 Å². The summed E-state index contributed by atoms with van der Waals surface area (Å²) >= 11 is 9.39. The number of urea groups is 1. The van der Waals surface area contributed by atoms with Crippen LogP contribution in [0.4, 0.5) is 21.9 Å². The van der Waals surface area contributed by atoms with E-state index in [2.05, 4.69) is 26.6 Å². The second-order valence-corrected chi connectivity index (χ2v) is 6.05. The first-order valence-electron chi connectivity index (χ1n) is 6.26. The van der Waals surface area contributed by atoms with Gasteiger partial charge in [0.05, 0.1) is 11.4 Å². The smallest absolute Gasteiger partial charge is 0.323 e. The topological polar surface area (TPSA) is 67.2 Å². The predicted octanol–water partition coefficient (Wildman–Crippen LogP) is 4.95. The van der Waals surface area contributed by atoms with Crippen molar-refractivity contribution in [1.29, 1.82) is 0 Å². The molecule has 2 aromatic carbocycles. The van der Waals surface area contributed by atoms with Gasteiger partial charge in [0.1, 0.15) is 0 Å². The molecule has 0 saturated heterocycles. The Hall–Kier alpha value is -1.72. The Kier molecular flexibility index (Phi) is 4.75. The van der Waals surface area contributed by atoms with E-state index in [1.54, 1.807) is 18.2 Å². The molecule has 4 N–H and O–H groups in total. The Balaban J connectivity index is 2.13. The van der Waals surface area contributed by atoms with Gasteiger partial charge in [0.15, 0.2) is 0 Å². The highest BCUT2D eigenvalue weighted by molar-refractivity contribution is 9.10. The number of hydrogen-bond donors (Lipinski definition) is 3. The number of carbonyl (C=O) groups excluding carboxylic acids is 1. The maximum Gasteiger partial charge on any atom is 0.323 e. The van der Waals surface area contributed by atoms with E-state index in [-0.39, 0.29) is 6.03 Å². The predicted molar refractivity (Wildman–Crippen MR) is 92.1 cm³/mol. The summed E-state index contributed by atoms with van der Waals surface area (Å²) in [6.07, 6.45) is 0. The third-order valence-corrected chi connectivity index (χ3v) is 3.86. The van der Waals surface area contributed by atoms with Crippen molar-refractivity contribution in [3.05, 3.63) is 51.0 Å². The molecular weight excluding hydrogens is 354 g/mol. The number of nitrogen functional groups attached to an aromatic ring is 1. The molecule has 0 aliphatic carbocycles. The summed E-state index contributed by atoms with van der Waals surface area (Å²) in [4.78, 5) is 12.0. The van der Waals surface area contributed by atoms with Gasteiger partial charge in [-0.05, 0) is 49.2 Å². The van der Waals surface area contributed by atoms with Crippen LogP contribution in [-0.4, -0.2) is 6.03 Å². The van der Waals surface area contributed by atoms with Crippen molar-refractivity contribution in [1.82, 2.24) is 0 Å². The molecule has 0 unspecified atom stereocenters. The highest BCUT2D eigenvalue weighted by Crippen LogP contribution is 2.28. The lowest BCUT2D eigenvalue weighted by Gasteiger charge is -2.13. The summed E-state index contributed by atoms with van der Waals surface area (Å²) in [5.41, 5.74) is 9.45. The summed E-state index contributed by atoms with van der Waals surface area (Å²) in [5.74, 6) is 0. The second-order valence-electron chi connectivity index (χ2n) is 4.73. The average Bonchev–Trinajstić information content (AvgIpc) is 2.38. The first-order valence-corrected chi connectivity index (χ1v) is 7.43. The van der Waals surface area contributed by atoms with Crippen LogP contribution in [0.1, 0.15) is 11.1 Å². The van der Waals surface area contributed by atoms with Crippen LogP contribution in [-0.2, 0) is 0 Å². The van der Waals surface area contributed by atoms with E-state index < -0.39 is 0 Å². The van der Waals surface area contributed by atoms with E-state index in [0.29, 0.717) is 22.1 Å². The highest BCUT2D eigenvalue weighted by Gasteiger charge is 2.09. The lowest BCUT2D eigenvalue weighted by atomic mass is 10.1. The molecule has 4 nitrogen and oxygen atoms in total. The quantitative estimate of drug-likeness (QED) is 0.657. The molecular formula is C15H15BrClN3O. The van der Waals surface area contributed by atoms with Gasteiger partial charge in [-0.15, -0.1) is 0 Å². The molecule has 0 aliphatic heterocycles. The zero-order valence-corrected chi connectivity index (χ0v) is 14.0. The van der Waals surface area contributed by atoms with Gasteiger partial charge >= 0.3 is 6.03 Å². The van der Waals surface area contributed by atoms with Gasteiger partial charge in [0.25, 0.3) is 0 Å². The SMILES string of the molecule is Cc1ccc(NC(=O)Nc2c(C)cc(Br)cc2N)cc1Cl. The van der Waals surface area contributed by atoms with Gasteiger partial charge in [-0.3, -0.25) is 0 Å². The number of nitrogens with one attached hydrogen (secondary N) is 2. The van der Waals surface area contributed by atoms with Crippen molar-refractivity contribution in [2.24, 2.45) is 0 Å². The maximum atomic E-state index is 12.0. The normalized spacial score (nSPS) is 10.3. The number of benzene rings is 2. The molecule has 2 aromatic rings. The van der Waals surface area contributed by atoms with Crippen molar-refractivity contribution in [3.8, 4) is 0 Å². The fourth-order valence-corrected chi connectivity index (χ4v) is 2.66. The van der Waals surface area contributed by atoms with Gasteiger partial charge in [-0.1, -0.05) is 33.6 Å². The highest BCUT2D eigenvalue weighted by atomic mass is 79.9. The fraction of sp³-hybridized carbons (Fsp3) is 0.133. The van der Waals surface area contributed by atoms with Crippen molar-refractivity contribution in [2.75, 3.05) is 16.4 Å². The molecule has 21 heavy (non-hydrogen) atoms. The first kappa shape index (κ1) is 15.7. The molecule has 110 valence electrons. The molecule has 0 aromatic heterocycles. The maximum absolute atomic E-state index is 12.0. The van der Waals surface area contributed by atoms with Crippen LogP contribution >= 0.6 is 27.5 Å². The van der Waals surface area contributed by atoms with E-state index in [9.17, 15) is 4.79 Å². The van der Waals surface area contributed by atoms with Crippen molar-refractivity contribution in [2.45, 2.75) is 13.8 Å². The molecule has 2 rings (SSSR count). The third kappa shape index (κ3) is 3.89. The molecule has 0 saturated carbocycles. The van der Waals surface area contributed by atoms with Crippen LogP contribution in [0, 0.1) is 13.8 Å². The number of aryl methyl sites for hydroxylation is 2. The molecule has 0 radical (unpaired) electrons. The van der Waals surface area contributed by atoms with Crippen LogP contribution in [0.2, 0.25) is 5.02 Å². The second kappa shape index (κ2) is 6.37. The molecule has 6 heteroatoms. The minimum Gasteiger partial charge on any atom is -0.397 e. The van der Waals surface area contributed by atoms with Gasteiger partial charge in [0, 0.05) is 15.2 Å². The van der Waals surface area contributed by atoms with Crippen LogP contribution in [0.5, 0.6) is 0 Å². The third-order valence-electron chi connectivity index (χ3n) is 3.00. The number of halogens is 2. The summed E-state index contributed by atoms with van der Waals surface area (Å²) in [6.45, 7) is 3.78. The summed E-state index contributed by atoms with van der Waals surface area (Å²) in [6, 6.07) is 8.59. The van der Waals surface area contributed by atoms with Crippen LogP contribution in [0.3, 0.4) is 0 Å². The van der Waals surface area contributed by atoms with Crippen LogP contribution < -0.4 is 16.4 Å². The van der Waals surface area contributed by atoms with E-state index >= 15 is 0 Å². The molecule has 0 spiro atoms. The zero-order valence-electron chi connectivity index (χ0n) is 11.6. The number of rotatable bonds is 2. The first-order chi connectivity index (χ1) is 9.86. The lowest BCUT2D eigenvalue weighted by molar-refractivity contribution is 0.262. The Morgan fingerprint density at radius 3 is 2.48 bits per heavy atom. The lowest BCUT2D eigenvalue weighted by Crippen LogP contribution is -2.20. The average molecular weight is 369 g/mol. The summed E-state index contributed by atoms with van der Waals surface area (Å²) < 4.78 is 0.869. The van der Waals surface area contributed by atoms with E-state index in [0.717, 1.165) is 15.6 Å². The number of hydrogen-bond acceptors (Lipinski definition) is 2. The van der Waals surface area contributed by atoms with E-state index in [1.165, 1.54) is 0 Å². The van der Waals surface area contributed by atoms with Gasteiger partial charge in [-0.25, -0.2) is 4.79 Å². The standard InChI is InChI=1S/C15H15BrClN3O/c1-8-3-4-11(7-12(8)17)19-15(21)20-14-9(2)5-10(16)6-13(14)18/h3-7H,18H2,1-2H3,(H2,19,20,21). The monoisotopic (exact) mass is 367 g/mol. The molecule has 2 amide bonds. The van der Waals surface area contributed by atoms with Crippen LogP contribution in [0.15, 0.2) is 34.8 Å². The minimum absolute atomic E-state index is 0.368. The van der Waals surface area contributed by atoms with E-state index in [4.69, 9.17) is 17.3 Å².